The first-order chi connectivity index (χ1) is 14.7. The fourth-order valence-electron chi connectivity index (χ4n) is 9.63. The maximum Gasteiger partial charge on any atom is 0.172 e. The van der Waals surface area contributed by atoms with Crippen LogP contribution in [-0.4, -0.2) is 40.9 Å². The van der Waals surface area contributed by atoms with Gasteiger partial charge in [-0.3, -0.25) is 0 Å². The molecule has 31 heavy (non-hydrogen) atoms. The van der Waals surface area contributed by atoms with Crippen LogP contribution in [0.2, 0.25) is 0 Å². The van der Waals surface area contributed by atoms with Crippen LogP contribution in [0.3, 0.4) is 0 Å². The van der Waals surface area contributed by atoms with Crippen LogP contribution in [0.1, 0.15) is 72.1 Å². The molecule has 2 aliphatic heterocycles. The topological polar surface area (TPSA) is 58.9 Å². The van der Waals surface area contributed by atoms with Crippen molar-refractivity contribution >= 4 is 0 Å². The number of rotatable bonds is 0. The van der Waals surface area contributed by atoms with Gasteiger partial charge < -0.3 is 19.7 Å². The van der Waals surface area contributed by atoms with E-state index in [1.807, 2.05) is 0 Å². The van der Waals surface area contributed by atoms with E-state index < -0.39 is 5.79 Å². The van der Waals surface area contributed by atoms with Gasteiger partial charge in [-0.2, -0.15) is 0 Å². The normalized spacial score (nSPS) is 58.4. The average molecular weight is 429 g/mol. The van der Waals surface area contributed by atoms with Crippen LogP contribution in [0.15, 0.2) is 23.8 Å². The summed E-state index contributed by atoms with van der Waals surface area (Å²) >= 11 is 0. The van der Waals surface area contributed by atoms with Crippen LogP contribution in [0.5, 0.6) is 0 Å². The number of fused-ring (bicyclic) bond motifs is 7. The fourth-order valence-corrected chi connectivity index (χ4v) is 9.63. The van der Waals surface area contributed by atoms with Crippen LogP contribution < -0.4 is 0 Å². The van der Waals surface area contributed by atoms with Crippen LogP contribution in [0.4, 0.5) is 0 Å². The summed E-state index contributed by atoms with van der Waals surface area (Å²) < 4.78 is 13.1. The first kappa shape index (κ1) is 20.9. The minimum Gasteiger partial charge on any atom is -0.393 e. The van der Waals surface area contributed by atoms with Gasteiger partial charge in [-0.15, -0.1) is 0 Å². The van der Waals surface area contributed by atoms with Crippen molar-refractivity contribution in [2.24, 2.45) is 40.4 Å². The molecule has 3 saturated carbocycles. The van der Waals surface area contributed by atoms with Crippen molar-refractivity contribution in [3.05, 3.63) is 23.8 Å². The molecule has 4 nitrogen and oxygen atoms in total. The lowest BCUT2D eigenvalue weighted by Crippen LogP contribution is -2.57. The maximum absolute atomic E-state index is 11.7. The van der Waals surface area contributed by atoms with E-state index in [4.69, 9.17) is 9.47 Å². The van der Waals surface area contributed by atoms with Crippen molar-refractivity contribution in [3.63, 3.8) is 0 Å². The summed E-state index contributed by atoms with van der Waals surface area (Å²) in [7, 11) is 0. The number of aliphatic hydroxyl groups is 2. The van der Waals surface area contributed by atoms with E-state index in [-0.39, 0.29) is 29.1 Å². The number of allylic oxidation sites excluding steroid dienone is 1. The molecule has 0 unspecified atom stereocenters. The molecule has 2 N–H and O–H groups in total. The van der Waals surface area contributed by atoms with Crippen molar-refractivity contribution in [1.82, 2.24) is 0 Å². The lowest BCUT2D eigenvalue weighted by molar-refractivity contribution is -0.256. The fraction of sp³-hybridized carbons (Fsp3) is 0.852. The molecule has 0 bridgehead atoms. The van der Waals surface area contributed by atoms with Gasteiger partial charge >= 0.3 is 0 Å². The highest BCUT2D eigenvalue weighted by Crippen LogP contribution is 2.70. The zero-order chi connectivity index (χ0) is 21.8. The first-order valence-electron chi connectivity index (χ1n) is 12.7. The first-order valence-corrected chi connectivity index (χ1v) is 12.7. The second kappa shape index (κ2) is 6.68. The predicted molar refractivity (Wildman–Crippen MR) is 119 cm³/mol. The van der Waals surface area contributed by atoms with Crippen molar-refractivity contribution in [2.45, 2.75) is 96.2 Å². The van der Waals surface area contributed by atoms with E-state index in [0.29, 0.717) is 36.2 Å². The molecule has 2 heterocycles. The quantitative estimate of drug-likeness (QED) is 0.554. The van der Waals surface area contributed by atoms with Crippen LogP contribution >= 0.6 is 0 Å². The lowest BCUT2D eigenvalue weighted by atomic mass is 9.46. The van der Waals surface area contributed by atoms with Gasteiger partial charge in [0, 0.05) is 12.3 Å². The van der Waals surface area contributed by atoms with Gasteiger partial charge in [0.05, 0.1) is 24.9 Å². The van der Waals surface area contributed by atoms with Gasteiger partial charge in [-0.25, -0.2) is 0 Å². The van der Waals surface area contributed by atoms with Gasteiger partial charge in [0.25, 0.3) is 0 Å². The Morgan fingerprint density at radius 2 is 1.97 bits per heavy atom. The summed E-state index contributed by atoms with van der Waals surface area (Å²) in [5, 5.41) is 21.9. The molecule has 6 aliphatic rings. The Bertz CT molecular complexity index is 808. The largest absolute Gasteiger partial charge is 0.393 e. The van der Waals surface area contributed by atoms with Crippen LogP contribution in [0.25, 0.3) is 0 Å². The number of ether oxygens (including phenoxy) is 2. The standard InChI is InChI=1S/C27H40O4/c1-15-7-10-27(30-14-15)16(2)23-22(31-27)12-20-19-6-5-17-11-18(28)8-9-25(17,3)24(19)21(29)13-26(20,23)4/h5,16,18-24,28-29H,1,6-14H2,2-4H3/t16-,18-,19-,20-,21+,22-,23-,24+,25-,26-,27+/m0/s1. The van der Waals surface area contributed by atoms with Gasteiger partial charge in [0.2, 0.25) is 0 Å². The molecule has 1 spiro atoms. The Morgan fingerprint density at radius 3 is 2.71 bits per heavy atom. The van der Waals surface area contributed by atoms with Gasteiger partial charge in [-0.05, 0) is 79.4 Å². The number of hydrogen-bond donors (Lipinski definition) is 2. The van der Waals surface area contributed by atoms with Crippen LogP contribution in [-0.2, 0) is 9.47 Å². The van der Waals surface area contributed by atoms with Crippen molar-refractivity contribution < 1.29 is 19.7 Å². The summed E-state index contributed by atoms with van der Waals surface area (Å²) in [6, 6.07) is 0. The van der Waals surface area contributed by atoms with Crippen molar-refractivity contribution in [3.8, 4) is 0 Å². The SMILES string of the molecule is C=C1CC[C@@]2(OC1)O[C@H]1C[C@H]3[C@@H]4CC=C5C[C@@H](O)CC[C@]5(C)[C@H]4[C@H](O)C[C@]3(C)[C@H]1[C@@H]2C. The summed E-state index contributed by atoms with van der Waals surface area (Å²) in [6.07, 6.45) is 9.82. The zero-order valence-corrected chi connectivity index (χ0v) is 19.5. The molecule has 172 valence electrons. The smallest absolute Gasteiger partial charge is 0.172 e. The molecule has 5 fully saturated rings. The highest BCUT2D eigenvalue weighted by Gasteiger charge is 2.70. The Balaban J connectivity index is 1.32. The molecular weight excluding hydrogens is 388 g/mol. The minimum absolute atomic E-state index is 0.0428. The van der Waals surface area contributed by atoms with E-state index in [2.05, 4.69) is 33.4 Å². The molecule has 0 aromatic heterocycles. The summed E-state index contributed by atoms with van der Waals surface area (Å²) in [6.45, 7) is 11.9. The highest BCUT2D eigenvalue weighted by molar-refractivity contribution is 5.27. The van der Waals surface area contributed by atoms with E-state index in [0.717, 1.165) is 51.4 Å². The molecule has 6 rings (SSSR count). The van der Waals surface area contributed by atoms with E-state index in [9.17, 15) is 10.2 Å². The van der Waals surface area contributed by atoms with E-state index >= 15 is 0 Å². The summed E-state index contributed by atoms with van der Waals surface area (Å²) in [5.74, 6) is 1.77. The molecule has 4 aliphatic carbocycles. The van der Waals surface area contributed by atoms with E-state index in [1.54, 1.807) is 0 Å². The van der Waals surface area contributed by atoms with Gasteiger partial charge in [0.15, 0.2) is 5.79 Å². The van der Waals surface area contributed by atoms with Crippen molar-refractivity contribution in [1.29, 1.82) is 0 Å². The molecule has 0 aromatic rings. The van der Waals surface area contributed by atoms with Crippen molar-refractivity contribution in [2.75, 3.05) is 6.61 Å². The Hall–Kier alpha value is -0.680. The monoisotopic (exact) mass is 428 g/mol. The van der Waals surface area contributed by atoms with Crippen LogP contribution in [0, 0.1) is 40.4 Å². The average Bonchev–Trinajstić information content (AvgIpc) is 3.15. The van der Waals surface area contributed by atoms with Gasteiger partial charge in [-0.1, -0.05) is 44.6 Å². The Kier molecular flexibility index (Phi) is 4.50. The Labute approximate surface area is 187 Å². The maximum atomic E-state index is 11.7. The second-order valence-electron chi connectivity index (χ2n) is 12.4. The number of aliphatic hydroxyl groups excluding tert-OH is 2. The molecule has 0 radical (unpaired) electrons. The highest BCUT2D eigenvalue weighted by atomic mass is 16.7. The number of hydrogen-bond acceptors (Lipinski definition) is 4. The third kappa shape index (κ3) is 2.68. The molecule has 4 heteroatoms. The molecule has 0 aromatic carbocycles. The molecule has 11 atom stereocenters. The summed E-state index contributed by atoms with van der Waals surface area (Å²) in [4.78, 5) is 0. The molecular formula is C27H40O4. The second-order valence-corrected chi connectivity index (χ2v) is 12.4. The zero-order valence-electron chi connectivity index (χ0n) is 19.5. The predicted octanol–water partition coefficient (Wildman–Crippen LogP) is 4.60. The Morgan fingerprint density at radius 1 is 1.16 bits per heavy atom. The van der Waals surface area contributed by atoms with Gasteiger partial charge in [0.1, 0.15) is 0 Å². The molecule has 2 saturated heterocycles. The lowest BCUT2D eigenvalue weighted by Gasteiger charge is -2.60. The third-order valence-electron chi connectivity index (χ3n) is 11.0. The third-order valence-corrected chi connectivity index (χ3v) is 11.0. The van der Waals surface area contributed by atoms with E-state index in [1.165, 1.54) is 11.1 Å². The molecule has 0 amide bonds. The summed E-state index contributed by atoms with van der Waals surface area (Å²) in [5.41, 5.74) is 2.73. The minimum atomic E-state index is -0.447.